The molecule has 1 N–H and O–H groups in total. The molecule has 0 spiro atoms. The van der Waals surface area contributed by atoms with E-state index in [9.17, 15) is 13.2 Å². The predicted molar refractivity (Wildman–Crippen MR) is 122 cm³/mol. The van der Waals surface area contributed by atoms with Gasteiger partial charge in [0, 0.05) is 12.2 Å². The molecular weight excluding hydrogens is 408 g/mol. The van der Waals surface area contributed by atoms with Gasteiger partial charge in [0.15, 0.2) is 0 Å². The Kier molecular flexibility index (Phi) is 5.94. The van der Waals surface area contributed by atoms with Crippen molar-refractivity contribution >= 4 is 21.6 Å². The molecule has 0 fully saturated rings. The van der Waals surface area contributed by atoms with Crippen LogP contribution >= 0.6 is 0 Å². The van der Waals surface area contributed by atoms with Crippen LogP contribution in [0.2, 0.25) is 0 Å². The van der Waals surface area contributed by atoms with Crippen LogP contribution in [-0.4, -0.2) is 24.7 Å². The van der Waals surface area contributed by atoms with Crippen molar-refractivity contribution in [2.24, 2.45) is 0 Å². The zero-order valence-corrected chi connectivity index (χ0v) is 18.5. The minimum absolute atomic E-state index is 0.167. The molecule has 6 heteroatoms. The third-order valence-electron chi connectivity index (χ3n) is 5.76. The van der Waals surface area contributed by atoms with Crippen LogP contribution in [0.1, 0.15) is 29.2 Å². The van der Waals surface area contributed by atoms with Crippen LogP contribution in [0.25, 0.3) is 0 Å². The van der Waals surface area contributed by atoms with E-state index in [-0.39, 0.29) is 17.3 Å². The number of carbonyl (C=O) groups excluding carboxylic acids is 1. The molecule has 1 aliphatic heterocycles. The van der Waals surface area contributed by atoms with Crippen molar-refractivity contribution in [3.8, 4) is 0 Å². The quantitative estimate of drug-likeness (QED) is 0.651. The van der Waals surface area contributed by atoms with Crippen LogP contribution in [0.5, 0.6) is 0 Å². The number of benzene rings is 3. The minimum atomic E-state index is -3.86. The van der Waals surface area contributed by atoms with Gasteiger partial charge in [-0.3, -0.25) is 4.79 Å². The Morgan fingerprint density at radius 2 is 1.71 bits per heavy atom. The highest BCUT2D eigenvalue weighted by molar-refractivity contribution is 7.89. The predicted octanol–water partition coefficient (Wildman–Crippen LogP) is 4.31. The van der Waals surface area contributed by atoms with Crippen molar-refractivity contribution < 1.29 is 13.2 Å². The largest absolute Gasteiger partial charge is 0.324 e. The van der Waals surface area contributed by atoms with E-state index in [0.717, 1.165) is 34.4 Å². The highest BCUT2D eigenvalue weighted by Crippen LogP contribution is 2.30. The highest BCUT2D eigenvalue weighted by atomic mass is 32.2. The van der Waals surface area contributed by atoms with E-state index in [1.165, 1.54) is 4.31 Å². The maximum atomic E-state index is 13.6. The normalized spacial score (nSPS) is 16.5. The Balaban J connectivity index is 1.73. The second-order valence-corrected chi connectivity index (χ2v) is 9.75. The number of nitrogens with zero attached hydrogens (tertiary/aromatic N) is 1. The minimum Gasteiger partial charge on any atom is -0.324 e. The van der Waals surface area contributed by atoms with Gasteiger partial charge in [-0.15, -0.1) is 0 Å². The summed E-state index contributed by atoms with van der Waals surface area (Å²) in [6.45, 7) is 4.05. The summed E-state index contributed by atoms with van der Waals surface area (Å²) in [5, 5.41) is 2.98. The van der Waals surface area contributed by atoms with Crippen LogP contribution in [0, 0.1) is 6.92 Å². The number of rotatable bonds is 5. The average molecular weight is 435 g/mol. The number of hydrogen-bond donors (Lipinski definition) is 1. The van der Waals surface area contributed by atoms with E-state index in [1.807, 2.05) is 68.4 Å². The molecule has 1 heterocycles. The van der Waals surface area contributed by atoms with Gasteiger partial charge in [-0.05, 0) is 60.2 Å². The third-order valence-corrected chi connectivity index (χ3v) is 7.61. The summed E-state index contributed by atoms with van der Waals surface area (Å²) in [5.74, 6) is -0.313. The van der Waals surface area contributed by atoms with Crippen LogP contribution < -0.4 is 5.32 Å². The zero-order valence-electron chi connectivity index (χ0n) is 17.7. The lowest BCUT2D eigenvalue weighted by atomic mass is 9.95. The first kappa shape index (κ1) is 21.3. The van der Waals surface area contributed by atoms with Gasteiger partial charge in [-0.1, -0.05) is 61.5 Å². The fourth-order valence-corrected chi connectivity index (χ4v) is 5.72. The molecule has 0 saturated carbocycles. The van der Waals surface area contributed by atoms with Crippen molar-refractivity contribution in [1.82, 2.24) is 4.31 Å². The topological polar surface area (TPSA) is 66.5 Å². The molecule has 0 aliphatic carbocycles. The molecule has 0 bridgehead atoms. The van der Waals surface area contributed by atoms with E-state index < -0.39 is 16.1 Å². The molecule has 3 aromatic rings. The Labute approximate surface area is 183 Å². The van der Waals surface area contributed by atoms with Crippen LogP contribution in [0.4, 0.5) is 5.69 Å². The van der Waals surface area contributed by atoms with Crippen molar-refractivity contribution in [1.29, 1.82) is 0 Å². The monoisotopic (exact) mass is 434 g/mol. The maximum Gasteiger partial charge on any atom is 0.244 e. The number of amides is 1. The molecule has 1 amide bonds. The molecule has 0 unspecified atom stereocenters. The van der Waals surface area contributed by atoms with Gasteiger partial charge in [-0.2, -0.15) is 4.31 Å². The van der Waals surface area contributed by atoms with Crippen molar-refractivity contribution in [2.75, 3.05) is 5.32 Å². The summed E-state index contributed by atoms with van der Waals surface area (Å²) in [6.07, 6.45) is 1.11. The SMILES string of the molecule is CCc1ccccc1NC(=O)[C@H]1Cc2ccccc2CN1S(=O)(=O)c1cccc(C)c1. The number of anilines is 1. The van der Waals surface area contributed by atoms with Gasteiger partial charge in [0.25, 0.3) is 0 Å². The van der Waals surface area contributed by atoms with Gasteiger partial charge >= 0.3 is 0 Å². The summed E-state index contributed by atoms with van der Waals surface area (Å²) in [4.78, 5) is 13.6. The number of nitrogens with one attached hydrogen (secondary N) is 1. The summed E-state index contributed by atoms with van der Waals surface area (Å²) in [6, 6.07) is 21.3. The van der Waals surface area contributed by atoms with Gasteiger partial charge in [0.05, 0.1) is 4.90 Å². The summed E-state index contributed by atoms with van der Waals surface area (Å²) in [7, 11) is -3.86. The summed E-state index contributed by atoms with van der Waals surface area (Å²) in [5.41, 5.74) is 4.53. The smallest absolute Gasteiger partial charge is 0.244 e. The molecule has 0 radical (unpaired) electrons. The first-order valence-corrected chi connectivity index (χ1v) is 11.9. The first-order valence-electron chi connectivity index (χ1n) is 10.4. The maximum absolute atomic E-state index is 13.6. The van der Waals surface area contributed by atoms with Crippen LogP contribution in [0.3, 0.4) is 0 Å². The molecular formula is C25H26N2O3S. The molecule has 0 aromatic heterocycles. The number of para-hydroxylation sites is 1. The standard InChI is InChI=1S/C25H26N2O3S/c1-3-19-10-6-7-14-23(19)26-25(28)24-16-20-11-4-5-12-21(20)17-27(24)31(29,30)22-13-8-9-18(2)15-22/h4-15,24H,3,16-17H2,1-2H3,(H,26,28)/t24-/m1/s1. The van der Waals surface area contributed by atoms with E-state index in [4.69, 9.17) is 0 Å². The number of fused-ring (bicyclic) bond motifs is 1. The lowest BCUT2D eigenvalue weighted by Gasteiger charge is -2.35. The fourth-order valence-electron chi connectivity index (χ4n) is 4.05. The fraction of sp³-hybridized carbons (Fsp3) is 0.240. The Morgan fingerprint density at radius 3 is 2.45 bits per heavy atom. The molecule has 31 heavy (non-hydrogen) atoms. The van der Waals surface area contributed by atoms with Gasteiger partial charge in [0.1, 0.15) is 6.04 Å². The third kappa shape index (κ3) is 4.27. The Hall–Kier alpha value is -2.96. The van der Waals surface area contributed by atoms with Crippen molar-refractivity contribution in [2.45, 2.75) is 44.2 Å². The van der Waals surface area contributed by atoms with Gasteiger partial charge < -0.3 is 5.32 Å². The molecule has 1 atom stereocenters. The molecule has 1 aliphatic rings. The zero-order chi connectivity index (χ0) is 22.0. The van der Waals surface area contributed by atoms with E-state index >= 15 is 0 Å². The Bertz CT molecular complexity index is 1220. The number of aryl methyl sites for hydroxylation is 2. The average Bonchev–Trinajstić information content (AvgIpc) is 2.78. The summed E-state index contributed by atoms with van der Waals surface area (Å²) >= 11 is 0. The number of carbonyl (C=O) groups is 1. The number of sulfonamides is 1. The lowest BCUT2D eigenvalue weighted by Crippen LogP contribution is -2.50. The summed E-state index contributed by atoms with van der Waals surface area (Å²) < 4.78 is 28.5. The van der Waals surface area contributed by atoms with Gasteiger partial charge in [-0.25, -0.2) is 8.42 Å². The molecule has 5 nitrogen and oxygen atoms in total. The molecule has 3 aromatic carbocycles. The van der Waals surface area contributed by atoms with Crippen LogP contribution in [0.15, 0.2) is 77.7 Å². The first-order chi connectivity index (χ1) is 14.9. The molecule has 0 saturated heterocycles. The van der Waals surface area contributed by atoms with E-state index in [2.05, 4.69) is 5.32 Å². The van der Waals surface area contributed by atoms with Crippen molar-refractivity contribution in [3.05, 3.63) is 95.1 Å². The second kappa shape index (κ2) is 8.65. The highest BCUT2D eigenvalue weighted by Gasteiger charge is 2.39. The lowest BCUT2D eigenvalue weighted by molar-refractivity contribution is -0.120. The Morgan fingerprint density at radius 1 is 1.00 bits per heavy atom. The number of hydrogen-bond acceptors (Lipinski definition) is 3. The second-order valence-electron chi connectivity index (χ2n) is 7.86. The molecule has 160 valence electrons. The van der Waals surface area contributed by atoms with E-state index in [0.29, 0.717) is 6.42 Å². The van der Waals surface area contributed by atoms with E-state index in [1.54, 1.807) is 18.2 Å². The van der Waals surface area contributed by atoms with Crippen LogP contribution in [-0.2, 0) is 34.2 Å². The van der Waals surface area contributed by atoms with Gasteiger partial charge in [0.2, 0.25) is 15.9 Å². The molecule has 4 rings (SSSR count). The van der Waals surface area contributed by atoms with Crippen molar-refractivity contribution in [3.63, 3.8) is 0 Å².